The molecule has 2 atom stereocenters. The van der Waals surface area contributed by atoms with E-state index >= 15 is 0 Å². The van der Waals surface area contributed by atoms with Gasteiger partial charge in [0.05, 0.1) is 11.8 Å². The maximum Gasteiger partial charge on any atom is 0.0929 e. The molecule has 14 heavy (non-hydrogen) atoms. The van der Waals surface area contributed by atoms with Crippen molar-refractivity contribution in [3.63, 3.8) is 0 Å². The second-order valence-electron chi connectivity index (χ2n) is 4.45. The van der Waals surface area contributed by atoms with Crippen LogP contribution in [0.4, 0.5) is 0 Å². The van der Waals surface area contributed by atoms with Crippen LogP contribution >= 0.6 is 0 Å². The third kappa shape index (κ3) is 1.57. The number of aliphatic hydroxyl groups is 1. The minimum absolute atomic E-state index is 0.602. The molecule has 1 N–H and O–H groups in total. The average molecular weight is 194 g/mol. The molecule has 0 bridgehead atoms. The fourth-order valence-electron chi connectivity index (χ4n) is 2.40. The molecular weight excluding hydrogens is 176 g/mol. The summed E-state index contributed by atoms with van der Waals surface area (Å²) in [4.78, 5) is 0. The smallest absolute Gasteiger partial charge is 0.0929 e. The van der Waals surface area contributed by atoms with Gasteiger partial charge in [-0.2, -0.15) is 5.10 Å². The van der Waals surface area contributed by atoms with Crippen LogP contribution in [-0.2, 0) is 12.6 Å². The Bertz CT molecular complexity index is 321. The Morgan fingerprint density at radius 2 is 2.50 bits per heavy atom. The summed E-state index contributed by atoms with van der Waals surface area (Å²) < 4.78 is 1.76. The number of aromatic nitrogens is 2. The van der Waals surface area contributed by atoms with Gasteiger partial charge in [0, 0.05) is 18.8 Å². The molecule has 2 rings (SSSR count). The highest BCUT2D eigenvalue weighted by molar-refractivity contribution is 5.17. The Morgan fingerprint density at radius 3 is 3.00 bits per heavy atom. The summed E-state index contributed by atoms with van der Waals surface area (Å²) in [6.07, 6.45) is 7.81. The molecule has 1 saturated carbocycles. The van der Waals surface area contributed by atoms with Crippen molar-refractivity contribution in [1.29, 1.82) is 0 Å². The fraction of sp³-hybridized carbons (Fsp3) is 0.727. The summed E-state index contributed by atoms with van der Waals surface area (Å²) in [5.74, 6) is 0.681. The van der Waals surface area contributed by atoms with Crippen molar-refractivity contribution in [3.05, 3.63) is 18.0 Å². The van der Waals surface area contributed by atoms with E-state index < -0.39 is 5.60 Å². The lowest BCUT2D eigenvalue weighted by Gasteiger charge is -2.20. The Hall–Kier alpha value is -0.830. The second-order valence-corrected chi connectivity index (χ2v) is 4.45. The minimum Gasteiger partial charge on any atom is -0.385 e. The van der Waals surface area contributed by atoms with Crippen LogP contribution in [0.5, 0.6) is 0 Å². The third-order valence-electron chi connectivity index (χ3n) is 3.41. The van der Waals surface area contributed by atoms with Gasteiger partial charge in [0.2, 0.25) is 0 Å². The van der Waals surface area contributed by atoms with Crippen LogP contribution in [-0.4, -0.2) is 14.9 Å². The Morgan fingerprint density at radius 1 is 1.71 bits per heavy atom. The van der Waals surface area contributed by atoms with Crippen LogP contribution < -0.4 is 0 Å². The van der Waals surface area contributed by atoms with Crippen LogP contribution in [0.2, 0.25) is 0 Å². The van der Waals surface area contributed by atoms with Crippen molar-refractivity contribution in [3.8, 4) is 0 Å². The molecule has 0 radical (unpaired) electrons. The first-order valence-corrected chi connectivity index (χ1v) is 5.35. The topological polar surface area (TPSA) is 38.1 Å². The molecule has 0 spiro atoms. The summed E-state index contributed by atoms with van der Waals surface area (Å²) in [6.45, 7) is 2.19. The maximum atomic E-state index is 10.4. The molecule has 2 unspecified atom stereocenters. The molecule has 3 heteroatoms. The molecule has 1 heterocycles. The monoisotopic (exact) mass is 194 g/mol. The highest BCUT2D eigenvalue weighted by Gasteiger charge is 2.38. The molecular formula is C11H18N2O. The van der Waals surface area contributed by atoms with Crippen molar-refractivity contribution < 1.29 is 5.11 Å². The van der Waals surface area contributed by atoms with Crippen molar-refractivity contribution in [1.82, 2.24) is 9.78 Å². The molecule has 78 valence electrons. The Kier molecular flexibility index (Phi) is 2.35. The summed E-state index contributed by atoms with van der Waals surface area (Å²) in [7, 11) is 1.89. The first kappa shape index (κ1) is 9.71. The summed E-state index contributed by atoms with van der Waals surface area (Å²) >= 11 is 0. The van der Waals surface area contributed by atoms with E-state index in [2.05, 4.69) is 12.0 Å². The zero-order chi connectivity index (χ0) is 10.2. The highest BCUT2D eigenvalue weighted by Crippen LogP contribution is 2.42. The predicted molar refractivity (Wildman–Crippen MR) is 54.7 cm³/mol. The average Bonchev–Trinajstić information content (AvgIpc) is 2.73. The molecule has 1 aromatic heterocycles. The maximum absolute atomic E-state index is 10.4. The summed E-state index contributed by atoms with van der Waals surface area (Å²) in [5, 5.41) is 14.5. The van der Waals surface area contributed by atoms with Gasteiger partial charge in [0.1, 0.15) is 0 Å². The zero-order valence-corrected chi connectivity index (χ0v) is 8.90. The summed E-state index contributed by atoms with van der Waals surface area (Å²) in [6, 6.07) is 0. The van der Waals surface area contributed by atoms with Crippen LogP contribution in [0.25, 0.3) is 0 Å². The largest absolute Gasteiger partial charge is 0.385 e. The van der Waals surface area contributed by atoms with Crippen LogP contribution in [0, 0.1) is 5.92 Å². The van der Waals surface area contributed by atoms with Crippen molar-refractivity contribution in [2.75, 3.05) is 0 Å². The van der Waals surface area contributed by atoms with E-state index in [0.717, 1.165) is 24.8 Å². The number of hydrogen-bond donors (Lipinski definition) is 1. The third-order valence-corrected chi connectivity index (χ3v) is 3.41. The SMILES string of the molecule is CCC1CCC(O)(c2cnn(C)c2)C1. The highest BCUT2D eigenvalue weighted by atomic mass is 16.3. The van der Waals surface area contributed by atoms with Crippen molar-refractivity contribution >= 4 is 0 Å². The quantitative estimate of drug-likeness (QED) is 0.779. The Labute approximate surface area is 84.7 Å². The number of aryl methyl sites for hydroxylation is 1. The van der Waals surface area contributed by atoms with Gasteiger partial charge < -0.3 is 5.11 Å². The van der Waals surface area contributed by atoms with E-state index in [9.17, 15) is 5.11 Å². The summed E-state index contributed by atoms with van der Waals surface area (Å²) in [5.41, 5.74) is 0.380. The standard InChI is InChI=1S/C11H18N2O/c1-3-9-4-5-11(14,6-9)10-7-12-13(2)8-10/h7-9,14H,3-6H2,1-2H3. The van der Waals surface area contributed by atoms with Crippen molar-refractivity contribution in [2.24, 2.45) is 13.0 Å². The predicted octanol–water partition coefficient (Wildman–Crippen LogP) is 1.82. The number of hydrogen-bond acceptors (Lipinski definition) is 2. The Balaban J connectivity index is 2.18. The van der Waals surface area contributed by atoms with Crippen molar-refractivity contribution in [2.45, 2.75) is 38.2 Å². The van der Waals surface area contributed by atoms with Gasteiger partial charge in [0.15, 0.2) is 0 Å². The van der Waals surface area contributed by atoms with Gasteiger partial charge in [-0.1, -0.05) is 13.3 Å². The molecule has 1 fully saturated rings. The van der Waals surface area contributed by atoms with Gasteiger partial charge in [-0.3, -0.25) is 4.68 Å². The first-order valence-electron chi connectivity index (χ1n) is 5.35. The van der Waals surface area contributed by atoms with E-state index in [4.69, 9.17) is 0 Å². The molecule has 1 aliphatic rings. The molecule has 0 saturated heterocycles. The van der Waals surface area contributed by atoms with Gasteiger partial charge in [-0.15, -0.1) is 0 Å². The zero-order valence-electron chi connectivity index (χ0n) is 8.90. The molecule has 0 amide bonds. The number of nitrogens with zero attached hydrogens (tertiary/aromatic N) is 2. The van der Waals surface area contributed by atoms with Crippen LogP contribution in [0.1, 0.15) is 38.2 Å². The van der Waals surface area contributed by atoms with E-state index in [1.165, 1.54) is 6.42 Å². The fourth-order valence-corrected chi connectivity index (χ4v) is 2.40. The number of rotatable bonds is 2. The van der Waals surface area contributed by atoms with E-state index in [1.807, 2.05) is 13.2 Å². The van der Waals surface area contributed by atoms with Crippen LogP contribution in [0.15, 0.2) is 12.4 Å². The normalized spacial score (nSPS) is 32.4. The van der Waals surface area contributed by atoms with E-state index in [-0.39, 0.29) is 0 Å². The minimum atomic E-state index is -0.602. The van der Waals surface area contributed by atoms with Crippen LogP contribution in [0.3, 0.4) is 0 Å². The lowest BCUT2D eigenvalue weighted by atomic mass is 9.93. The first-order chi connectivity index (χ1) is 6.64. The lowest BCUT2D eigenvalue weighted by Crippen LogP contribution is -2.21. The van der Waals surface area contributed by atoms with Gasteiger partial charge in [0.25, 0.3) is 0 Å². The second kappa shape index (κ2) is 3.39. The molecule has 3 nitrogen and oxygen atoms in total. The molecule has 0 aromatic carbocycles. The molecule has 1 aromatic rings. The molecule has 0 aliphatic heterocycles. The van der Waals surface area contributed by atoms with E-state index in [1.54, 1.807) is 10.9 Å². The van der Waals surface area contributed by atoms with E-state index in [0.29, 0.717) is 5.92 Å². The van der Waals surface area contributed by atoms with Gasteiger partial charge in [-0.25, -0.2) is 0 Å². The van der Waals surface area contributed by atoms with Gasteiger partial charge in [-0.05, 0) is 25.2 Å². The van der Waals surface area contributed by atoms with Gasteiger partial charge >= 0.3 is 0 Å². The lowest BCUT2D eigenvalue weighted by molar-refractivity contribution is 0.0397. The molecule has 1 aliphatic carbocycles.